The zero-order valence-corrected chi connectivity index (χ0v) is 19.3. The van der Waals surface area contributed by atoms with E-state index in [0.717, 1.165) is 51.0 Å². The van der Waals surface area contributed by atoms with Crippen molar-refractivity contribution < 1.29 is 9.59 Å². The first-order chi connectivity index (χ1) is 15.6. The SMILES string of the molecule is CCN(CC)Cc1cccc(NC(=O)C2CC3CCCCC3N2C(=O)c2ccccc2)c1. The third-order valence-corrected chi connectivity index (χ3v) is 7.14. The van der Waals surface area contributed by atoms with Gasteiger partial charge >= 0.3 is 0 Å². The maximum atomic E-state index is 13.5. The molecule has 1 N–H and O–H groups in total. The smallest absolute Gasteiger partial charge is 0.254 e. The molecule has 32 heavy (non-hydrogen) atoms. The molecule has 0 radical (unpaired) electrons. The van der Waals surface area contributed by atoms with Gasteiger partial charge in [-0.05, 0) is 68.1 Å². The van der Waals surface area contributed by atoms with E-state index < -0.39 is 6.04 Å². The quantitative estimate of drug-likeness (QED) is 0.673. The number of likely N-dealkylation sites (tertiary alicyclic amines) is 1. The Morgan fingerprint density at radius 2 is 1.75 bits per heavy atom. The molecule has 1 saturated carbocycles. The molecule has 1 saturated heterocycles. The second kappa shape index (κ2) is 10.3. The molecule has 1 heterocycles. The van der Waals surface area contributed by atoms with Crippen molar-refractivity contribution in [2.24, 2.45) is 5.92 Å². The Bertz CT molecular complexity index is 926. The van der Waals surface area contributed by atoms with Crippen LogP contribution in [-0.2, 0) is 11.3 Å². The normalized spacial score (nSPS) is 22.6. The van der Waals surface area contributed by atoms with Gasteiger partial charge in [-0.3, -0.25) is 14.5 Å². The molecule has 2 aromatic carbocycles. The molecule has 170 valence electrons. The standard InChI is InChI=1S/C27H35N3O2/c1-3-29(4-2)19-20-11-10-15-23(17-20)28-26(31)25-18-22-14-8-9-16-24(22)30(25)27(32)21-12-6-5-7-13-21/h5-7,10-13,15,17,22,24-25H,3-4,8-9,14,16,18-19H2,1-2H3,(H,28,31). The van der Waals surface area contributed by atoms with Crippen LogP contribution < -0.4 is 5.32 Å². The monoisotopic (exact) mass is 433 g/mol. The van der Waals surface area contributed by atoms with Crippen LogP contribution in [0.25, 0.3) is 0 Å². The lowest BCUT2D eigenvalue weighted by Crippen LogP contribution is -2.47. The molecule has 0 aromatic heterocycles. The highest BCUT2D eigenvalue weighted by Crippen LogP contribution is 2.40. The number of hydrogen-bond acceptors (Lipinski definition) is 3. The number of benzene rings is 2. The lowest BCUT2D eigenvalue weighted by Gasteiger charge is -2.33. The molecule has 2 fully saturated rings. The van der Waals surface area contributed by atoms with Crippen LogP contribution in [0.4, 0.5) is 5.69 Å². The van der Waals surface area contributed by atoms with Crippen LogP contribution in [0.2, 0.25) is 0 Å². The number of nitrogens with one attached hydrogen (secondary N) is 1. The third kappa shape index (κ3) is 4.88. The summed E-state index contributed by atoms with van der Waals surface area (Å²) in [7, 11) is 0. The predicted octanol–water partition coefficient (Wildman–Crippen LogP) is 4.94. The topological polar surface area (TPSA) is 52.7 Å². The summed E-state index contributed by atoms with van der Waals surface area (Å²) in [5.41, 5.74) is 2.66. The van der Waals surface area contributed by atoms with Gasteiger partial charge in [-0.2, -0.15) is 0 Å². The van der Waals surface area contributed by atoms with E-state index in [4.69, 9.17) is 0 Å². The second-order valence-corrected chi connectivity index (χ2v) is 9.09. The van der Waals surface area contributed by atoms with Crippen molar-refractivity contribution in [1.82, 2.24) is 9.80 Å². The van der Waals surface area contributed by atoms with E-state index in [2.05, 4.69) is 36.2 Å². The fourth-order valence-electron chi connectivity index (χ4n) is 5.39. The molecule has 1 aliphatic heterocycles. The van der Waals surface area contributed by atoms with Crippen molar-refractivity contribution in [2.75, 3.05) is 18.4 Å². The van der Waals surface area contributed by atoms with Gasteiger partial charge in [-0.15, -0.1) is 0 Å². The molecular weight excluding hydrogens is 398 g/mol. The second-order valence-electron chi connectivity index (χ2n) is 9.09. The molecule has 4 rings (SSSR count). The number of hydrogen-bond donors (Lipinski definition) is 1. The summed E-state index contributed by atoms with van der Waals surface area (Å²) >= 11 is 0. The Hall–Kier alpha value is -2.66. The van der Waals surface area contributed by atoms with Crippen LogP contribution in [0, 0.1) is 5.92 Å². The molecule has 1 aliphatic carbocycles. The number of amides is 2. The molecule has 3 atom stereocenters. The number of carbonyl (C=O) groups excluding carboxylic acids is 2. The largest absolute Gasteiger partial charge is 0.324 e. The van der Waals surface area contributed by atoms with Crippen molar-refractivity contribution in [1.29, 1.82) is 0 Å². The van der Waals surface area contributed by atoms with Crippen LogP contribution in [0.1, 0.15) is 61.9 Å². The summed E-state index contributed by atoms with van der Waals surface area (Å²) < 4.78 is 0. The van der Waals surface area contributed by atoms with E-state index in [-0.39, 0.29) is 17.9 Å². The summed E-state index contributed by atoms with van der Waals surface area (Å²) in [5, 5.41) is 3.13. The third-order valence-electron chi connectivity index (χ3n) is 7.14. The van der Waals surface area contributed by atoms with Gasteiger partial charge in [0, 0.05) is 23.8 Å². The molecule has 0 bridgehead atoms. The van der Waals surface area contributed by atoms with Crippen molar-refractivity contribution in [3.8, 4) is 0 Å². The summed E-state index contributed by atoms with van der Waals surface area (Å²) in [4.78, 5) is 31.1. The Kier molecular flexibility index (Phi) is 7.26. The van der Waals surface area contributed by atoms with E-state index in [0.29, 0.717) is 11.5 Å². The maximum Gasteiger partial charge on any atom is 0.254 e. The highest BCUT2D eigenvalue weighted by Gasteiger charge is 2.47. The summed E-state index contributed by atoms with van der Waals surface area (Å²) in [6, 6.07) is 17.2. The van der Waals surface area contributed by atoms with E-state index in [1.165, 1.54) is 12.0 Å². The first-order valence-corrected chi connectivity index (χ1v) is 12.1. The molecule has 2 aliphatic rings. The lowest BCUT2D eigenvalue weighted by atomic mass is 9.84. The van der Waals surface area contributed by atoms with Gasteiger partial charge in [0.1, 0.15) is 6.04 Å². The Morgan fingerprint density at radius 1 is 1.00 bits per heavy atom. The average molecular weight is 434 g/mol. The van der Waals surface area contributed by atoms with Crippen LogP contribution in [0.15, 0.2) is 54.6 Å². The molecule has 5 heteroatoms. The van der Waals surface area contributed by atoms with E-state index in [1.54, 1.807) is 0 Å². The fourth-order valence-corrected chi connectivity index (χ4v) is 5.39. The number of carbonyl (C=O) groups is 2. The first kappa shape index (κ1) is 22.5. The van der Waals surface area contributed by atoms with Crippen molar-refractivity contribution >= 4 is 17.5 Å². The lowest BCUT2D eigenvalue weighted by molar-refractivity contribution is -0.120. The minimum absolute atomic E-state index is 0.0181. The summed E-state index contributed by atoms with van der Waals surface area (Å²) in [6.45, 7) is 7.17. The van der Waals surface area contributed by atoms with Crippen LogP contribution in [-0.4, -0.2) is 46.8 Å². The van der Waals surface area contributed by atoms with Crippen LogP contribution >= 0.6 is 0 Å². The maximum absolute atomic E-state index is 13.5. The highest BCUT2D eigenvalue weighted by molar-refractivity contribution is 6.01. The van der Waals surface area contributed by atoms with Crippen LogP contribution in [0.5, 0.6) is 0 Å². The Balaban J connectivity index is 1.53. The predicted molar refractivity (Wildman–Crippen MR) is 128 cm³/mol. The van der Waals surface area contributed by atoms with E-state index in [9.17, 15) is 9.59 Å². The number of anilines is 1. The zero-order valence-electron chi connectivity index (χ0n) is 19.3. The summed E-state index contributed by atoms with van der Waals surface area (Å²) in [5.74, 6) is 0.334. The van der Waals surface area contributed by atoms with E-state index in [1.807, 2.05) is 47.4 Å². The van der Waals surface area contributed by atoms with Crippen LogP contribution in [0.3, 0.4) is 0 Å². The van der Waals surface area contributed by atoms with Crippen molar-refractivity contribution in [3.05, 3.63) is 65.7 Å². The van der Waals surface area contributed by atoms with Gasteiger partial charge in [0.05, 0.1) is 0 Å². The number of rotatable bonds is 7. The molecule has 2 amide bonds. The molecule has 3 unspecified atom stereocenters. The summed E-state index contributed by atoms with van der Waals surface area (Å²) in [6.07, 6.45) is 5.17. The van der Waals surface area contributed by atoms with Gasteiger partial charge < -0.3 is 10.2 Å². The molecular formula is C27H35N3O2. The van der Waals surface area contributed by atoms with Gasteiger partial charge in [0.25, 0.3) is 5.91 Å². The van der Waals surface area contributed by atoms with Gasteiger partial charge in [-0.1, -0.05) is 57.0 Å². The Labute approximate surface area is 191 Å². The molecule has 2 aromatic rings. The minimum atomic E-state index is -0.415. The van der Waals surface area contributed by atoms with Gasteiger partial charge in [0.15, 0.2) is 0 Å². The molecule has 0 spiro atoms. The fraction of sp³-hybridized carbons (Fsp3) is 0.481. The van der Waals surface area contributed by atoms with E-state index >= 15 is 0 Å². The minimum Gasteiger partial charge on any atom is -0.324 e. The zero-order chi connectivity index (χ0) is 22.5. The average Bonchev–Trinajstić information content (AvgIpc) is 3.22. The molecule has 5 nitrogen and oxygen atoms in total. The number of fused-ring (bicyclic) bond motifs is 1. The highest BCUT2D eigenvalue weighted by atomic mass is 16.2. The van der Waals surface area contributed by atoms with Gasteiger partial charge in [-0.25, -0.2) is 0 Å². The van der Waals surface area contributed by atoms with Crippen molar-refractivity contribution in [2.45, 2.75) is 64.6 Å². The first-order valence-electron chi connectivity index (χ1n) is 12.1. The van der Waals surface area contributed by atoms with Gasteiger partial charge in [0.2, 0.25) is 5.91 Å². The number of nitrogens with zero attached hydrogens (tertiary/aromatic N) is 2. The Morgan fingerprint density at radius 3 is 2.50 bits per heavy atom. The van der Waals surface area contributed by atoms with Crippen molar-refractivity contribution in [3.63, 3.8) is 0 Å².